The number of aromatic nitrogens is 1. The molecular formula is C14H18N2. The Labute approximate surface area is 96.5 Å². The van der Waals surface area contributed by atoms with Crippen LogP contribution >= 0.6 is 0 Å². The Morgan fingerprint density at radius 2 is 2.00 bits per heavy atom. The Bertz CT molecular complexity index is 477. The van der Waals surface area contributed by atoms with E-state index in [0.29, 0.717) is 5.82 Å². The van der Waals surface area contributed by atoms with Crippen LogP contribution in [0.15, 0.2) is 30.3 Å². The van der Waals surface area contributed by atoms with Crippen molar-refractivity contribution in [3.63, 3.8) is 0 Å². The van der Waals surface area contributed by atoms with Gasteiger partial charge in [0.05, 0.1) is 5.69 Å². The molecule has 0 radical (unpaired) electrons. The molecule has 0 saturated carbocycles. The SMILES string of the molecule is CCCCCc1nc(N)cc2ccccc12. The standard InChI is InChI=1S/C14H18N2/c1-2-3-4-9-13-12-8-6-5-7-11(12)10-14(15)16-13/h5-8,10H,2-4,9H2,1H3,(H2,15,16). The van der Waals surface area contributed by atoms with Crippen LogP contribution in [-0.2, 0) is 6.42 Å². The van der Waals surface area contributed by atoms with Gasteiger partial charge in [-0.15, -0.1) is 0 Å². The average Bonchev–Trinajstić information content (AvgIpc) is 2.29. The molecule has 0 unspecified atom stereocenters. The predicted molar refractivity (Wildman–Crippen MR) is 69.4 cm³/mol. The van der Waals surface area contributed by atoms with E-state index in [1.54, 1.807) is 0 Å². The Kier molecular flexibility index (Phi) is 3.40. The zero-order valence-electron chi connectivity index (χ0n) is 9.74. The molecule has 84 valence electrons. The molecule has 0 aliphatic rings. The molecule has 2 aromatic rings. The molecule has 0 bridgehead atoms. The maximum Gasteiger partial charge on any atom is 0.124 e. The first-order valence-electron chi connectivity index (χ1n) is 5.95. The molecule has 0 aliphatic heterocycles. The van der Waals surface area contributed by atoms with E-state index < -0.39 is 0 Å². The zero-order valence-corrected chi connectivity index (χ0v) is 9.74. The summed E-state index contributed by atoms with van der Waals surface area (Å²) >= 11 is 0. The third kappa shape index (κ3) is 2.32. The van der Waals surface area contributed by atoms with Crippen LogP contribution in [0.3, 0.4) is 0 Å². The molecule has 0 aliphatic carbocycles. The van der Waals surface area contributed by atoms with Crippen molar-refractivity contribution >= 4 is 16.6 Å². The van der Waals surface area contributed by atoms with Crippen molar-refractivity contribution in [1.29, 1.82) is 0 Å². The summed E-state index contributed by atoms with van der Waals surface area (Å²) < 4.78 is 0. The smallest absolute Gasteiger partial charge is 0.124 e. The highest BCUT2D eigenvalue weighted by Gasteiger charge is 2.03. The quantitative estimate of drug-likeness (QED) is 0.790. The van der Waals surface area contributed by atoms with Gasteiger partial charge in [0.2, 0.25) is 0 Å². The second-order valence-electron chi connectivity index (χ2n) is 4.17. The molecule has 0 atom stereocenters. The molecule has 0 fully saturated rings. The number of hydrogen-bond acceptors (Lipinski definition) is 2. The van der Waals surface area contributed by atoms with Crippen LogP contribution in [0.1, 0.15) is 31.9 Å². The number of rotatable bonds is 4. The number of anilines is 1. The molecule has 0 amide bonds. The van der Waals surface area contributed by atoms with E-state index in [4.69, 9.17) is 5.73 Å². The maximum absolute atomic E-state index is 5.82. The van der Waals surface area contributed by atoms with Gasteiger partial charge in [-0.05, 0) is 24.3 Å². The summed E-state index contributed by atoms with van der Waals surface area (Å²) in [5, 5.41) is 2.44. The zero-order chi connectivity index (χ0) is 11.4. The summed E-state index contributed by atoms with van der Waals surface area (Å²) in [6, 6.07) is 10.3. The molecule has 0 spiro atoms. The van der Waals surface area contributed by atoms with Gasteiger partial charge in [0.25, 0.3) is 0 Å². The van der Waals surface area contributed by atoms with Gasteiger partial charge in [-0.3, -0.25) is 0 Å². The molecule has 2 rings (SSSR count). The fourth-order valence-corrected chi connectivity index (χ4v) is 2.03. The largest absolute Gasteiger partial charge is 0.384 e. The molecular weight excluding hydrogens is 196 g/mol. The van der Waals surface area contributed by atoms with Crippen LogP contribution < -0.4 is 5.73 Å². The Balaban J connectivity index is 2.34. The molecule has 16 heavy (non-hydrogen) atoms. The van der Waals surface area contributed by atoms with Gasteiger partial charge < -0.3 is 5.73 Å². The average molecular weight is 214 g/mol. The van der Waals surface area contributed by atoms with E-state index in [1.165, 1.54) is 30.0 Å². The second kappa shape index (κ2) is 4.97. The highest BCUT2D eigenvalue weighted by molar-refractivity contribution is 5.86. The van der Waals surface area contributed by atoms with Crippen LogP contribution in [0.2, 0.25) is 0 Å². The van der Waals surface area contributed by atoms with Crippen molar-refractivity contribution in [2.75, 3.05) is 5.73 Å². The lowest BCUT2D eigenvalue weighted by atomic mass is 10.1. The van der Waals surface area contributed by atoms with E-state index in [1.807, 2.05) is 12.1 Å². The lowest BCUT2D eigenvalue weighted by Gasteiger charge is -2.06. The molecule has 2 heteroatoms. The fourth-order valence-electron chi connectivity index (χ4n) is 2.03. The number of unbranched alkanes of at least 4 members (excludes halogenated alkanes) is 2. The summed E-state index contributed by atoms with van der Waals surface area (Å²) in [6.07, 6.45) is 4.71. The van der Waals surface area contributed by atoms with Gasteiger partial charge in [0.1, 0.15) is 5.82 Å². The highest BCUT2D eigenvalue weighted by Crippen LogP contribution is 2.21. The number of benzene rings is 1. The monoisotopic (exact) mass is 214 g/mol. The number of nitrogens with two attached hydrogens (primary N) is 1. The van der Waals surface area contributed by atoms with Gasteiger partial charge in [-0.25, -0.2) is 4.98 Å². The summed E-state index contributed by atoms with van der Waals surface area (Å²) in [4.78, 5) is 4.45. The van der Waals surface area contributed by atoms with Gasteiger partial charge >= 0.3 is 0 Å². The summed E-state index contributed by atoms with van der Waals surface area (Å²) in [7, 11) is 0. The number of hydrogen-bond donors (Lipinski definition) is 1. The van der Waals surface area contributed by atoms with Gasteiger partial charge in [0, 0.05) is 5.39 Å². The Morgan fingerprint density at radius 3 is 2.81 bits per heavy atom. The van der Waals surface area contributed by atoms with E-state index in [9.17, 15) is 0 Å². The molecule has 2 N–H and O–H groups in total. The number of nitrogens with zero attached hydrogens (tertiary/aromatic N) is 1. The molecule has 1 aromatic heterocycles. The van der Waals surface area contributed by atoms with Crippen LogP contribution in [0, 0.1) is 0 Å². The van der Waals surface area contributed by atoms with Crippen molar-refractivity contribution in [3.05, 3.63) is 36.0 Å². The number of nitrogen functional groups attached to an aromatic ring is 1. The number of pyridine rings is 1. The molecule has 1 heterocycles. The minimum absolute atomic E-state index is 0.630. The maximum atomic E-state index is 5.82. The van der Waals surface area contributed by atoms with Crippen molar-refractivity contribution < 1.29 is 0 Å². The first kappa shape index (κ1) is 10.9. The first-order chi connectivity index (χ1) is 7.81. The third-order valence-electron chi connectivity index (χ3n) is 2.86. The normalized spacial score (nSPS) is 10.8. The third-order valence-corrected chi connectivity index (χ3v) is 2.86. The van der Waals surface area contributed by atoms with E-state index in [2.05, 4.69) is 30.1 Å². The van der Waals surface area contributed by atoms with Crippen LogP contribution in [0.5, 0.6) is 0 Å². The summed E-state index contributed by atoms with van der Waals surface area (Å²) in [6.45, 7) is 2.21. The summed E-state index contributed by atoms with van der Waals surface area (Å²) in [5.74, 6) is 0.630. The summed E-state index contributed by atoms with van der Waals surface area (Å²) in [5.41, 5.74) is 6.96. The molecule has 0 saturated heterocycles. The predicted octanol–water partition coefficient (Wildman–Crippen LogP) is 3.55. The van der Waals surface area contributed by atoms with Gasteiger partial charge in [-0.1, -0.05) is 44.0 Å². The van der Waals surface area contributed by atoms with Crippen molar-refractivity contribution in [2.45, 2.75) is 32.6 Å². The van der Waals surface area contributed by atoms with Crippen molar-refractivity contribution in [1.82, 2.24) is 4.98 Å². The van der Waals surface area contributed by atoms with E-state index in [0.717, 1.165) is 12.1 Å². The number of aryl methyl sites for hydroxylation is 1. The minimum atomic E-state index is 0.630. The molecule has 2 nitrogen and oxygen atoms in total. The second-order valence-corrected chi connectivity index (χ2v) is 4.17. The van der Waals surface area contributed by atoms with Crippen molar-refractivity contribution in [3.8, 4) is 0 Å². The Morgan fingerprint density at radius 1 is 1.19 bits per heavy atom. The van der Waals surface area contributed by atoms with Crippen LogP contribution in [-0.4, -0.2) is 4.98 Å². The van der Waals surface area contributed by atoms with E-state index >= 15 is 0 Å². The first-order valence-corrected chi connectivity index (χ1v) is 5.95. The van der Waals surface area contributed by atoms with Crippen LogP contribution in [0.4, 0.5) is 5.82 Å². The Hall–Kier alpha value is -1.57. The van der Waals surface area contributed by atoms with Crippen LogP contribution in [0.25, 0.3) is 10.8 Å². The topological polar surface area (TPSA) is 38.9 Å². The highest BCUT2D eigenvalue weighted by atomic mass is 14.8. The van der Waals surface area contributed by atoms with Gasteiger partial charge in [-0.2, -0.15) is 0 Å². The fraction of sp³-hybridized carbons (Fsp3) is 0.357. The van der Waals surface area contributed by atoms with Gasteiger partial charge in [0.15, 0.2) is 0 Å². The lowest BCUT2D eigenvalue weighted by Crippen LogP contribution is -1.97. The van der Waals surface area contributed by atoms with Crippen molar-refractivity contribution in [2.24, 2.45) is 0 Å². The lowest BCUT2D eigenvalue weighted by molar-refractivity contribution is 0.711. The minimum Gasteiger partial charge on any atom is -0.384 e. The van der Waals surface area contributed by atoms with E-state index in [-0.39, 0.29) is 0 Å². The molecule has 1 aromatic carbocycles. The number of fused-ring (bicyclic) bond motifs is 1.